The Morgan fingerprint density at radius 3 is 1.92 bits per heavy atom. The molecule has 0 atom stereocenters. The number of halogens is 1. The second-order valence-electron chi connectivity index (χ2n) is 2.94. The Hall–Kier alpha value is -0.850. The van der Waals surface area contributed by atoms with Gasteiger partial charge in [0.25, 0.3) is 0 Å². The maximum absolute atomic E-state index is 12.3. The van der Waals surface area contributed by atoms with Crippen LogP contribution in [0.25, 0.3) is 0 Å². The Balaban J connectivity index is 0.000000354. The van der Waals surface area contributed by atoms with Gasteiger partial charge in [0.1, 0.15) is 5.82 Å². The minimum Gasteiger partial charge on any atom is -0.207 e. The van der Waals surface area contributed by atoms with Gasteiger partial charge in [0.05, 0.1) is 0 Å². The molecule has 68 valence electrons. The molecule has 1 heteroatoms. The van der Waals surface area contributed by atoms with Gasteiger partial charge in [0.15, 0.2) is 0 Å². The van der Waals surface area contributed by atoms with Gasteiger partial charge in [0.2, 0.25) is 0 Å². The molecule has 1 aromatic carbocycles. The van der Waals surface area contributed by atoms with Crippen LogP contribution in [-0.4, -0.2) is 0 Å². The van der Waals surface area contributed by atoms with E-state index in [4.69, 9.17) is 0 Å². The van der Waals surface area contributed by atoms with Crippen molar-refractivity contribution in [3.05, 3.63) is 35.1 Å². The first kappa shape index (κ1) is 11.2. The Kier molecular flexibility index (Phi) is 5.35. The zero-order valence-corrected chi connectivity index (χ0v) is 8.32. The van der Waals surface area contributed by atoms with E-state index in [1.54, 1.807) is 6.07 Å². The summed E-state index contributed by atoms with van der Waals surface area (Å²) >= 11 is 0. The van der Waals surface area contributed by atoms with Gasteiger partial charge in [-0.3, -0.25) is 0 Å². The van der Waals surface area contributed by atoms with Crippen LogP contribution in [-0.2, 0) is 0 Å². The highest BCUT2D eigenvalue weighted by Crippen LogP contribution is 2.07. The summed E-state index contributed by atoms with van der Waals surface area (Å²) in [5.41, 5.74) is 2.14. The molecule has 0 fully saturated rings. The van der Waals surface area contributed by atoms with Gasteiger partial charge >= 0.3 is 0 Å². The van der Waals surface area contributed by atoms with Crippen LogP contribution in [0.4, 0.5) is 4.39 Å². The molecule has 0 N–H and O–H groups in total. The van der Waals surface area contributed by atoms with Gasteiger partial charge < -0.3 is 0 Å². The Morgan fingerprint density at radius 2 is 1.58 bits per heavy atom. The topological polar surface area (TPSA) is 0 Å². The van der Waals surface area contributed by atoms with Crippen molar-refractivity contribution >= 4 is 0 Å². The summed E-state index contributed by atoms with van der Waals surface area (Å²) in [4.78, 5) is 0. The fourth-order valence-electron chi connectivity index (χ4n) is 0.705. The van der Waals surface area contributed by atoms with Crippen molar-refractivity contribution < 1.29 is 4.39 Å². The molecular weight excluding hydrogens is 151 g/mol. The van der Waals surface area contributed by atoms with E-state index in [0.29, 0.717) is 0 Å². The maximum atomic E-state index is 12.3. The standard InChI is InChI=1S/C8H9F.C3H8/c1-6-3-4-8(9)5-7(6)2;1-3-2/h3-5H,1-2H3;3H2,1-2H3. The van der Waals surface area contributed by atoms with Crippen LogP contribution >= 0.6 is 0 Å². The van der Waals surface area contributed by atoms with Crippen molar-refractivity contribution in [1.29, 1.82) is 0 Å². The summed E-state index contributed by atoms with van der Waals surface area (Å²) in [6.07, 6.45) is 1.25. The lowest BCUT2D eigenvalue weighted by Gasteiger charge is -1.96. The lowest BCUT2D eigenvalue weighted by molar-refractivity contribution is 0.626. The number of hydrogen-bond acceptors (Lipinski definition) is 0. The van der Waals surface area contributed by atoms with E-state index >= 15 is 0 Å². The average Bonchev–Trinajstić information content (AvgIpc) is 1.99. The summed E-state index contributed by atoms with van der Waals surface area (Å²) in [5, 5.41) is 0. The van der Waals surface area contributed by atoms with Gasteiger partial charge in [-0.05, 0) is 37.1 Å². The summed E-state index contributed by atoms with van der Waals surface area (Å²) in [7, 11) is 0. The van der Waals surface area contributed by atoms with Crippen molar-refractivity contribution in [3.8, 4) is 0 Å². The number of rotatable bonds is 0. The highest BCUT2D eigenvalue weighted by Gasteiger charge is 1.91. The molecule has 1 aromatic rings. The summed E-state index contributed by atoms with van der Waals surface area (Å²) in [6, 6.07) is 4.79. The van der Waals surface area contributed by atoms with Crippen molar-refractivity contribution in [2.75, 3.05) is 0 Å². The predicted molar refractivity (Wildman–Crippen MR) is 51.8 cm³/mol. The van der Waals surface area contributed by atoms with Crippen molar-refractivity contribution in [1.82, 2.24) is 0 Å². The second kappa shape index (κ2) is 5.76. The molecule has 0 aliphatic heterocycles. The molecule has 0 saturated carbocycles. The average molecular weight is 168 g/mol. The number of aryl methyl sites for hydroxylation is 2. The maximum Gasteiger partial charge on any atom is 0.123 e. The van der Waals surface area contributed by atoms with Crippen LogP contribution in [0.5, 0.6) is 0 Å². The van der Waals surface area contributed by atoms with E-state index in [0.717, 1.165) is 11.1 Å². The molecule has 0 spiro atoms. The van der Waals surface area contributed by atoms with Gasteiger partial charge in [-0.15, -0.1) is 0 Å². The Labute approximate surface area is 74.4 Å². The summed E-state index contributed by atoms with van der Waals surface area (Å²) in [6.45, 7) is 8.12. The largest absolute Gasteiger partial charge is 0.207 e. The third-order valence-corrected chi connectivity index (χ3v) is 1.47. The van der Waals surface area contributed by atoms with Crippen LogP contribution in [0.15, 0.2) is 18.2 Å². The first-order chi connectivity index (χ1) is 5.61. The van der Waals surface area contributed by atoms with E-state index in [9.17, 15) is 4.39 Å². The number of hydrogen-bond donors (Lipinski definition) is 0. The molecular formula is C11H17F. The van der Waals surface area contributed by atoms with E-state index < -0.39 is 0 Å². The Morgan fingerprint density at radius 1 is 1.08 bits per heavy atom. The number of benzene rings is 1. The van der Waals surface area contributed by atoms with Gasteiger partial charge in [0, 0.05) is 0 Å². The predicted octanol–water partition coefficient (Wildman–Crippen LogP) is 3.86. The van der Waals surface area contributed by atoms with Crippen LogP contribution < -0.4 is 0 Å². The van der Waals surface area contributed by atoms with Crippen LogP contribution in [0, 0.1) is 19.7 Å². The fraction of sp³-hybridized carbons (Fsp3) is 0.455. The lowest BCUT2D eigenvalue weighted by atomic mass is 10.1. The van der Waals surface area contributed by atoms with Gasteiger partial charge in [-0.1, -0.05) is 26.3 Å². The van der Waals surface area contributed by atoms with Gasteiger partial charge in [-0.2, -0.15) is 0 Å². The van der Waals surface area contributed by atoms with Crippen molar-refractivity contribution in [2.24, 2.45) is 0 Å². The van der Waals surface area contributed by atoms with Crippen LogP contribution in [0.1, 0.15) is 31.4 Å². The first-order valence-electron chi connectivity index (χ1n) is 4.34. The lowest BCUT2D eigenvalue weighted by Crippen LogP contribution is -1.80. The monoisotopic (exact) mass is 168 g/mol. The van der Waals surface area contributed by atoms with E-state index in [1.807, 2.05) is 13.8 Å². The minimum absolute atomic E-state index is 0.155. The SMILES string of the molecule is CCC.Cc1ccc(F)cc1C. The molecule has 0 nitrogen and oxygen atoms in total. The van der Waals surface area contributed by atoms with E-state index in [2.05, 4.69) is 13.8 Å². The summed E-state index contributed by atoms with van der Waals surface area (Å²) < 4.78 is 12.3. The highest BCUT2D eigenvalue weighted by atomic mass is 19.1. The third-order valence-electron chi connectivity index (χ3n) is 1.47. The molecule has 0 heterocycles. The Bertz CT molecular complexity index is 228. The smallest absolute Gasteiger partial charge is 0.123 e. The van der Waals surface area contributed by atoms with Crippen molar-refractivity contribution in [3.63, 3.8) is 0 Å². The zero-order chi connectivity index (χ0) is 9.56. The molecule has 12 heavy (non-hydrogen) atoms. The molecule has 0 aliphatic carbocycles. The molecule has 0 aliphatic rings. The molecule has 0 bridgehead atoms. The molecule has 0 saturated heterocycles. The molecule has 1 rings (SSSR count). The highest BCUT2D eigenvalue weighted by molar-refractivity contribution is 5.24. The van der Waals surface area contributed by atoms with E-state index in [1.165, 1.54) is 18.6 Å². The normalized spacial score (nSPS) is 8.75. The molecule has 0 amide bonds. The van der Waals surface area contributed by atoms with Crippen molar-refractivity contribution in [2.45, 2.75) is 34.1 Å². The fourth-order valence-corrected chi connectivity index (χ4v) is 0.705. The van der Waals surface area contributed by atoms with Crippen LogP contribution in [0.3, 0.4) is 0 Å². The summed E-state index contributed by atoms with van der Waals surface area (Å²) in [5.74, 6) is -0.155. The minimum atomic E-state index is -0.155. The molecule has 0 aromatic heterocycles. The van der Waals surface area contributed by atoms with Gasteiger partial charge in [-0.25, -0.2) is 4.39 Å². The first-order valence-corrected chi connectivity index (χ1v) is 4.34. The molecule has 0 radical (unpaired) electrons. The van der Waals surface area contributed by atoms with Crippen LogP contribution in [0.2, 0.25) is 0 Å². The van der Waals surface area contributed by atoms with E-state index in [-0.39, 0.29) is 5.82 Å². The molecule has 0 unspecified atom stereocenters. The quantitative estimate of drug-likeness (QED) is 0.552. The second-order valence-corrected chi connectivity index (χ2v) is 2.94. The third kappa shape index (κ3) is 4.12. The zero-order valence-electron chi connectivity index (χ0n) is 8.32.